The van der Waals surface area contributed by atoms with Gasteiger partial charge >= 0.3 is 5.97 Å². The van der Waals surface area contributed by atoms with Crippen molar-refractivity contribution in [1.82, 2.24) is 0 Å². The molecule has 1 aromatic rings. The minimum Gasteiger partial charge on any atom is -0.462 e. The second-order valence-electron chi connectivity index (χ2n) is 7.48. The van der Waals surface area contributed by atoms with Crippen molar-refractivity contribution in [2.24, 2.45) is 11.1 Å². The van der Waals surface area contributed by atoms with Crippen molar-refractivity contribution < 1.29 is 19.1 Å². The first-order valence-electron chi connectivity index (χ1n) is 8.70. The Morgan fingerprint density at radius 3 is 2.63 bits per heavy atom. The Bertz CT molecular complexity index is 886. The quantitative estimate of drug-likeness (QED) is 0.744. The lowest BCUT2D eigenvalue weighted by Crippen LogP contribution is -2.35. The van der Waals surface area contributed by atoms with Gasteiger partial charge in [-0.1, -0.05) is 43.1 Å². The molecule has 0 amide bonds. The van der Waals surface area contributed by atoms with E-state index in [1.54, 1.807) is 25.1 Å². The van der Waals surface area contributed by atoms with E-state index in [1.165, 1.54) is 0 Å². The molecule has 7 heteroatoms. The molecule has 27 heavy (non-hydrogen) atoms. The summed E-state index contributed by atoms with van der Waals surface area (Å²) in [6.07, 6.45) is 0.895. The lowest BCUT2D eigenvalue weighted by Gasteiger charge is -2.38. The molecule has 1 aliphatic heterocycles. The van der Waals surface area contributed by atoms with Gasteiger partial charge in [0.1, 0.15) is 11.3 Å². The Kier molecular flexibility index (Phi) is 5.28. The van der Waals surface area contributed by atoms with E-state index in [9.17, 15) is 9.59 Å². The zero-order valence-corrected chi connectivity index (χ0v) is 16.9. The largest absolute Gasteiger partial charge is 0.462 e. The molecule has 1 atom stereocenters. The summed E-state index contributed by atoms with van der Waals surface area (Å²) < 4.78 is 10.9. The smallest absolute Gasteiger partial charge is 0.340 e. The highest BCUT2D eigenvalue weighted by molar-refractivity contribution is 6.42. The molecule has 0 unspecified atom stereocenters. The molecule has 1 heterocycles. The van der Waals surface area contributed by atoms with Crippen LogP contribution in [0.15, 0.2) is 41.0 Å². The van der Waals surface area contributed by atoms with Crippen LogP contribution in [-0.2, 0) is 19.1 Å². The van der Waals surface area contributed by atoms with Crippen molar-refractivity contribution >= 4 is 35.0 Å². The Balaban J connectivity index is 2.20. The summed E-state index contributed by atoms with van der Waals surface area (Å²) >= 11 is 12.2. The molecular weight excluding hydrogens is 389 g/mol. The zero-order valence-electron chi connectivity index (χ0n) is 15.4. The van der Waals surface area contributed by atoms with E-state index in [2.05, 4.69) is 0 Å². The summed E-state index contributed by atoms with van der Waals surface area (Å²) in [6.45, 7) is 5.86. The number of hydrogen-bond acceptors (Lipinski definition) is 5. The molecule has 0 radical (unpaired) electrons. The lowest BCUT2D eigenvalue weighted by molar-refractivity contribution is -0.139. The van der Waals surface area contributed by atoms with Crippen LogP contribution in [0.5, 0.6) is 0 Å². The molecule has 144 valence electrons. The third-order valence-corrected chi connectivity index (χ3v) is 5.47. The molecule has 0 saturated heterocycles. The van der Waals surface area contributed by atoms with Crippen molar-refractivity contribution in [2.75, 3.05) is 6.61 Å². The monoisotopic (exact) mass is 409 g/mol. The summed E-state index contributed by atoms with van der Waals surface area (Å²) in [5.74, 6) is -0.945. The van der Waals surface area contributed by atoms with Crippen LogP contribution in [0, 0.1) is 5.41 Å². The maximum Gasteiger partial charge on any atom is 0.340 e. The number of allylic oxidation sites excluding steroid dienone is 2. The third kappa shape index (κ3) is 3.71. The molecule has 3 rings (SSSR count). The molecule has 5 nitrogen and oxygen atoms in total. The van der Waals surface area contributed by atoms with Crippen molar-refractivity contribution in [3.8, 4) is 0 Å². The van der Waals surface area contributed by atoms with Crippen molar-refractivity contribution in [1.29, 1.82) is 0 Å². The fourth-order valence-electron chi connectivity index (χ4n) is 3.62. The SMILES string of the molecule is CCOC(=O)C1=C(N)OC2=C(C(=O)CC(C)(C)C2)[C@@H]1c1ccc(Cl)c(Cl)c1. The molecule has 2 aliphatic rings. The van der Waals surface area contributed by atoms with E-state index in [1.807, 2.05) is 13.8 Å². The van der Waals surface area contributed by atoms with Crippen LogP contribution in [0.25, 0.3) is 0 Å². The van der Waals surface area contributed by atoms with Crippen molar-refractivity contribution in [2.45, 2.75) is 39.5 Å². The number of ether oxygens (including phenoxy) is 2. The van der Waals surface area contributed by atoms with Gasteiger partial charge in [0.15, 0.2) is 5.78 Å². The number of benzene rings is 1. The van der Waals surface area contributed by atoms with E-state index in [0.717, 1.165) is 0 Å². The first-order chi connectivity index (χ1) is 12.6. The first-order valence-corrected chi connectivity index (χ1v) is 9.46. The molecule has 1 aliphatic carbocycles. The fourth-order valence-corrected chi connectivity index (χ4v) is 3.92. The predicted octanol–water partition coefficient (Wildman–Crippen LogP) is 4.48. The molecular formula is C20H21Cl2NO4. The number of carbonyl (C=O) groups is 2. The van der Waals surface area contributed by atoms with Crippen LogP contribution in [0.1, 0.15) is 45.1 Å². The van der Waals surface area contributed by atoms with Gasteiger partial charge in [0.2, 0.25) is 5.88 Å². The van der Waals surface area contributed by atoms with E-state index in [0.29, 0.717) is 39.8 Å². The van der Waals surface area contributed by atoms with E-state index in [-0.39, 0.29) is 29.3 Å². The number of esters is 1. The second kappa shape index (κ2) is 7.21. The van der Waals surface area contributed by atoms with Gasteiger partial charge in [0.05, 0.1) is 22.6 Å². The summed E-state index contributed by atoms with van der Waals surface area (Å²) in [5, 5.41) is 0.709. The molecule has 0 aromatic heterocycles. The Morgan fingerprint density at radius 1 is 1.30 bits per heavy atom. The Hall–Kier alpha value is -1.98. The van der Waals surface area contributed by atoms with Gasteiger partial charge in [0.25, 0.3) is 0 Å². The average Bonchev–Trinajstić information content (AvgIpc) is 2.55. The highest BCUT2D eigenvalue weighted by Gasteiger charge is 2.45. The first kappa shape index (κ1) is 19.8. The normalized spacial score (nSPS) is 21.7. The van der Waals surface area contributed by atoms with E-state index >= 15 is 0 Å². The van der Waals surface area contributed by atoms with Crippen LogP contribution in [-0.4, -0.2) is 18.4 Å². The van der Waals surface area contributed by atoms with Crippen LogP contribution in [0.3, 0.4) is 0 Å². The van der Waals surface area contributed by atoms with Gasteiger partial charge in [-0.15, -0.1) is 0 Å². The predicted molar refractivity (Wildman–Crippen MR) is 103 cm³/mol. The van der Waals surface area contributed by atoms with Gasteiger partial charge in [-0.3, -0.25) is 4.79 Å². The van der Waals surface area contributed by atoms with Gasteiger partial charge in [-0.05, 0) is 30.0 Å². The van der Waals surface area contributed by atoms with Crippen LogP contribution < -0.4 is 5.73 Å². The number of carbonyl (C=O) groups excluding carboxylic acids is 2. The minimum atomic E-state index is -0.703. The summed E-state index contributed by atoms with van der Waals surface area (Å²) in [5.41, 5.74) is 7.04. The van der Waals surface area contributed by atoms with Crippen LogP contribution in [0.2, 0.25) is 10.0 Å². The number of halogens is 2. The summed E-state index contributed by atoms with van der Waals surface area (Å²) in [6, 6.07) is 5.00. The zero-order chi connectivity index (χ0) is 19.9. The topological polar surface area (TPSA) is 78.6 Å². The number of hydrogen-bond donors (Lipinski definition) is 1. The molecule has 0 spiro atoms. The number of nitrogens with two attached hydrogens (primary N) is 1. The van der Waals surface area contributed by atoms with E-state index in [4.69, 9.17) is 38.4 Å². The van der Waals surface area contributed by atoms with E-state index < -0.39 is 11.9 Å². The van der Waals surface area contributed by atoms with Crippen molar-refractivity contribution in [3.63, 3.8) is 0 Å². The van der Waals surface area contributed by atoms with Gasteiger partial charge in [-0.25, -0.2) is 4.79 Å². The van der Waals surface area contributed by atoms with Gasteiger partial charge in [0, 0.05) is 18.4 Å². The standard InChI is InChI=1S/C20H21Cl2NO4/c1-4-26-19(25)17-15(10-5-6-11(21)12(22)7-10)16-13(24)8-20(2,3)9-14(16)27-18(17)23/h5-7,15H,4,8-9,23H2,1-3H3/t15-/m0/s1. The Labute approximate surface area is 168 Å². The molecule has 0 fully saturated rings. The van der Waals surface area contributed by atoms with Crippen LogP contribution in [0.4, 0.5) is 0 Å². The number of rotatable bonds is 3. The summed E-state index contributed by atoms with van der Waals surface area (Å²) in [7, 11) is 0. The molecule has 2 N–H and O–H groups in total. The van der Waals surface area contributed by atoms with Gasteiger partial charge in [-0.2, -0.15) is 0 Å². The average molecular weight is 410 g/mol. The Morgan fingerprint density at radius 2 is 2.00 bits per heavy atom. The maximum atomic E-state index is 13.0. The second-order valence-corrected chi connectivity index (χ2v) is 8.30. The van der Waals surface area contributed by atoms with Crippen LogP contribution >= 0.6 is 23.2 Å². The highest BCUT2D eigenvalue weighted by Crippen LogP contribution is 2.48. The highest BCUT2D eigenvalue weighted by atomic mass is 35.5. The summed E-state index contributed by atoms with van der Waals surface area (Å²) in [4.78, 5) is 25.6. The minimum absolute atomic E-state index is 0.0474. The maximum absolute atomic E-state index is 13.0. The fraction of sp³-hybridized carbons (Fsp3) is 0.400. The molecule has 0 saturated carbocycles. The third-order valence-electron chi connectivity index (χ3n) is 4.73. The number of Topliss-reactive ketones (excluding diaryl/α,β-unsaturated/α-hetero) is 1. The van der Waals surface area contributed by atoms with Crippen molar-refractivity contribution in [3.05, 3.63) is 56.6 Å². The number of ketones is 1. The van der Waals surface area contributed by atoms with Gasteiger partial charge < -0.3 is 15.2 Å². The lowest BCUT2D eigenvalue weighted by atomic mass is 9.70. The molecule has 1 aromatic carbocycles. The molecule has 0 bridgehead atoms.